The second-order valence-electron chi connectivity index (χ2n) is 7.17. The first kappa shape index (κ1) is 16.0. The molecule has 1 aromatic rings. The van der Waals surface area contributed by atoms with Gasteiger partial charge in [-0.2, -0.15) is 0 Å². The molecule has 0 aliphatic heterocycles. The summed E-state index contributed by atoms with van der Waals surface area (Å²) in [7, 11) is 0. The molecule has 0 bridgehead atoms. The number of carbonyl (C=O) groups excluding carboxylic acids is 1. The molecule has 0 spiro atoms. The fraction of sp³-hybridized carbons (Fsp3) is 0.611. The van der Waals surface area contributed by atoms with Crippen molar-refractivity contribution in [1.82, 2.24) is 0 Å². The van der Waals surface area contributed by atoms with E-state index in [1.165, 1.54) is 6.42 Å². The van der Waals surface area contributed by atoms with E-state index in [9.17, 15) is 4.79 Å². The van der Waals surface area contributed by atoms with E-state index >= 15 is 0 Å². The molecule has 2 atom stereocenters. The third-order valence-electron chi connectivity index (χ3n) is 4.32. The summed E-state index contributed by atoms with van der Waals surface area (Å²) in [4.78, 5) is 12.2. The third kappa shape index (κ3) is 4.57. The zero-order valence-electron chi connectivity index (χ0n) is 13.4. The minimum atomic E-state index is -0.134. The van der Waals surface area contributed by atoms with E-state index in [4.69, 9.17) is 10.5 Å². The summed E-state index contributed by atoms with van der Waals surface area (Å²) in [6.45, 7) is 7.21. The molecule has 0 heterocycles. The van der Waals surface area contributed by atoms with Crippen molar-refractivity contribution in [2.24, 2.45) is 17.1 Å². The van der Waals surface area contributed by atoms with Gasteiger partial charge in [0.25, 0.3) is 0 Å². The molecule has 0 radical (unpaired) electrons. The number of rotatable bonds is 4. The van der Waals surface area contributed by atoms with Crippen LogP contribution >= 0.6 is 0 Å². The lowest BCUT2D eigenvalue weighted by Crippen LogP contribution is -2.34. The minimum absolute atomic E-state index is 0.0567. The number of ether oxygens (including phenoxy) is 1. The highest BCUT2D eigenvalue weighted by Crippen LogP contribution is 2.39. The summed E-state index contributed by atoms with van der Waals surface area (Å²) in [6.07, 6.45) is 3.52. The van der Waals surface area contributed by atoms with Crippen molar-refractivity contribution >= 4 is 5.97 Å². The molecule has 2 N–H and O–H groups in total. The van der Waals surface area contributed by atoms with Crippen molar-refractivity contribution in [2.45, 2.75) is 59.1 Å². The average Bonchev–Trinajstić information content (AvgIpc) is 2.36. The van der Waals surface area contributed by atoms with Gasteiger partial charge >= 0.3 is 5.97 Å². The number of hydrogen-bond acceptors (Lipinski definition) is 3. The highest BCUT2D eigenvalue weighted by molar-refractivity contribution is 5.73. The van der Waals surface area contributed by atoms with Crippen LogP contribution in [-0.2, 0) is 22.5 Å². The highest BCUT2D eigenvalue weighted by Gasteiger charge is 2.33. The molecule has 1 saturated carbocycles. The van der Waals surface area contributed by atoms with E-state index in [1.807, 2.05) is 24.3 Å². The Bertz CT molecular complexity index is 496. The van der Waals surface area contributed by atoms with Crippen LogP contribution in [0.25, 0.3) is 0 Å². The summed E-state index contributed by atoms with van der Waals surface area (Å²) in [6, 6.07) is 7.81. The Balaban J connectivity index is 1.95. The Hall–Kier alpha value is -1.35. The van der Waals surface area contributed by atoms with Crippen LogP contribution < -0.4 is 5.73 Å². The maximum absolute atomic E-state index is 12.2. The van der Waals surface area contributed by atoms with Gasteiger partial charge in [-0.1, -0.05) is 45.0 Å². The van der Waals surface area contributed by atoms with Gasteiger partial charge in [0.2, 0.25) is 0 Å². The molecule has 1 aromatic carbocycles. The summed E-state index contributed by atoms with van der Waals surface area (Å²) < 4.78 is 5.72. The molecular weight excluding hydrogens is 262 g/mol. The first-order valence-electron chi connectivity index (χ1n) is 7.86. The molecule has 0 amide bonds. The summed E-state index contributed by atoms with van der Waals surface area (Å²) in [5.41, 5.74) is 7.97. The lowest BCUT2D eigenvalue weighted by molar-refractivity contribution is -0.152. The van der Waals surface area contributed by atoms with Crippen molar-refractivity contribution in [3.8, 4) is 0 Å². The number of benzene rings is 1. The largest absolute Gasteiger partial charge is 0.462 e. The SMILES string of the molecule is CC1CC(OC(=O)Cc2ccccc2CN)CC(C)(C)C1. The fourth-order valence-corrected chi connectivity index (χ4v) is 3.66. The number of carbonyl (C=O) groups is 1. The van der Waals surface area contributed by atoms with Crippen molar-refractivity contribution in [1.29, 1.82) is 0 Å². The van der Waals surface area contributed by atoms with Gasteiger partial charge in [0.05, 0.1) is 6.42 Å². The molecule has 116 valence electrons. The zero-order valence-corrected chi connectivity index (χ0v) is 13.4. The van der Waals surface area contributed by atoms with Gasteiger partial charge in [-0.25, -0.2) is 0 Å². The van der Waals surface area contributed by atoms with Crippen molar-refractivity contribution in [3.63, 3.8) is 0 Å². The topological polar surface area (TPSA) is 52.3 Å². The lowest BCUT2D eigenvalue weighted by atomic mass is 9.71. The first-order chi connectivity index (χ1) is 9.89. The molecule has 1 fully saturated rings. The maximum atomic E-state index is 12.2. The van der Waals surface area contributed by atoms with E-state index in [1.54, 1.807) is 0 Å². The van der Waals surface area contributed by atoms with Gasteiger partial charge in [0, 0.05) is 6.54 Å². The quantitative estimate of drug-likeness (QED) is 0.864. The molecule has 3 heteroatoms. The van der Waals surface area contributed by atoms with Crippen LogP contribution in [0.3, 0.4) is 0 Å². The maximum Gasteiger partial charge on any atom is 0.310 e. The highest BCUT2D eigenvalue weighted by atomic mass is 16.5. The van der Waals surface area contributed by atoms with Crippen LogP contribution in [0.1, 0.15) is 51.2 Å². The first-order valence-corrected chi connectivity index (χ1v) is 7.86. The van der Waals surface area contributed by atoms with E-state index in [-0.39, 0.29) is 17.5 Å². The number of hydrogen-bond donors (Lipinski definition) is 1. The Morgan fingerprint density at radius 1 is 1.29 bits per heavy atom. The molecule has 0 saturated heterocycles. The minimum Gasteiger partial charge on any atom is -0.462 e. The predicted octanol–water partition coefficient (Wildman–Crippen LogP) is 3.45. The van der Waals surface area contributed by atoms with Crippen molar-refractivity contribution < 1.29 is 9.53 Å². The van der Waals surface area contributed by atoms with Crippen LogP contribution in [0.2, 0.25) is 0 Å². The molecule has 1 aliphatic rings. The second-order valence-corrected chi connectivity index (χ2v) is 7.17. The fourth-order valence-electron chi connectivity index (χ4n) is 3.66. The van der Waals surface area contributed by atoms with E-state index in [0.717, 1.165) is 24.0 Å². The van der Waals surface area contributed by atoms with Gasteiger partial charge < -0.3 is 10.5 Å². The van der Waals surface area contributed by atoms with E-state index in [0.29, 0.717) is 18.9 Å². The van der Waals surface area contributed by atoms with Gasteiger partial charge in [0.15, 0.2) is 0 Å². The second kappa shape index (κ2) is 6.61. The molecule has 2 unspecified atom stereocenters. The Kier molecular flexibility index (Phi) is 5.04. The Labute approximate surface area is 127 Å². The lowest BCUT2D eigenvalue weighted by Gasteiger charge is -2.38. The van der Waals surface area contributed by atoms with Crippen LogP contribution in [0.5, 0.6) is 0 Å². The summed E-state index contributed by atoms with van der Waals surface area (Å²) in [5.74, 6) is 0.480. The summed E-state index contributed by atoms with van der Waals surface area (Å²) in [5, 5.41) is 0. The Morgan fingerprint density at radius 3 is 2.57 bits per heavy atom. The molecule has 3 nitrogen and oxygen atoms in total. The average molecular weight is 289 g/mol. The summed E-state index contributed by atoms with van der Waals surface area (Å²) >= 11 is 0. The Morgan fingerprint density at radius 2 is 1.95 bits per heavy atom. The monoisotopic (exact) mass is 289 g/mol. The zero-order chi connectivity index (χ0) is 15.5. The standard InChI is InChI=1S/C18H27NO2/c1-13-8-16(11-18(2,3)10-13)21-17(20)9-14-6-4-5-7-15(14)12-19/h4-7,13,16H,8-12,19H2,1-3H3. The van der Waals surface area contributed by atoms with E-state index in [2.05, 4.69) is 20.8 Å². The predicted molar refractivity (Wildman–Crippen MR) is 84.7 cm³/mol. The smallest absolute Gasteiger partial charge is 0.310 e. The van der Waals surface area contributed by atoms with Gasteiger partial charge in [-0.05, 0) is 41.7 Å². The molecule has 2 rings (SSSR count). The van der Waals surface area contributed by atoms with Gasteiger partial charge in [-0.3, -0.25) is 4.79 Å². The van der Waals surface area contributed by atoms with Crippen molar-refractivity contribution in [2.75, 3.05) is 0 Å². The van der Waals surface area contributed by atoms with Gasteiger partial charge in [0.1, 0.15) is 6.10 Å². The van der Waals surface area contributed by atoms with Crippen molar-refractivity contribution in [3.05, 3.63) is 35.4 Å². The number of nitrogens with two attached hydrogens (primary N) is 1. The van der Waals surface area contributed by atoms with Crippen LogP contribution in [0.15, 0.2) is 24.3 Å². The molecule has 0 aromatic heterocycles. The normalized spacial score (nSPS) is 24.6. The molecule has 1 aliphatic carbocycles. The van der Waals surface area contributed by atoms with Gasteiger partial charge in [-0.15, -0.1) is 0 Å². The van der Waals surface area contributed by atoms with Crippen LogP contribution in [0, 0.1) is 11.3 Å². The third-order valence-corrected chi connectivity index (χ3v) is 4.32. The van der Waals surface area contributed by atoms with E-state index < -0.39 is 0 Å². The number of esters is 1. The molecular formula is C18H27NO2. The van der Waals surface area contributed by atoms with Crippen LogP contribution in [0.4, 0.5) is 0 Å². The molecule has 21 heavy (non-hydrogen) atoms. The van der Waals surface area contributed by atoms with Crippen LogP contribution in [-0.4, -0.2) is 12.1 Å².